The molecule has 0 fully saturated rings. The molecule has 2 aromatic heterocycles. The molecule has 0 atom stereocenters. The van der Waals surface area contributed by atoms with E-state index in [9.17, 15) is 9.59 Å². The molecular formula is C20H17N5O4. The average Bonchev–Trinajstić information content (AvgIpc) is 3.17. The smallest absolute Gasteiger partial charge is 0.269 e. The summed E-state index contributed by atoms with van der Waals surface area (Å²) in [6.07, 6.45) is 1.17. The Hall–Kier alpha value is -4.01. The minimum Gasteiger partial charge on any atom is -0.495 e. The largest absolute Gasteiger partial charge is 0.495 e. The molecule has 0 aliphatic heterocycles. The Morgan fingerprint density at radius 2 is 1.97 bits per heavy atom. The highest BCUT2D eigenvalue weighted by Gasteiger charge is 2.14. The van der Waals surface area contributed by atoms with Gasteiger partial charge in [-0.25, -0.2) is 4.98 Å². The molecule has 9 heteroatoms. The van der Waals surface area contributed by atoms with Gasteiger partial charge in [-0.3, -0.25) is 14.2 Å². The van der Waals surface area contributed by atoms with Gasteiger partial charge >= 0.3 is 0 Å². The second-order valence-corrected chi connectivity index (χ2v) is 6.20. The summed E-state index contributed by atoms with van der Waals surface area (Å²) < 4.78 is 11.9. The van der Waals surface area contributed by atoms with Crippen molar-refractivity contribution in [3.63, 3.8) is 0 Å². The van der Waals surface area contributed by atoms with Crippen molar-refractivity contribution in [2.24, 2.45) is 0 Å². The van der Waals surface area contributed by atoms with E-state index in [0.717, 1.165) is 0 Å². The highest BCUT2D eigenvalue weighted by Crippen LogP contribution is 2.23. The maximum Gasteiger partial charge on any atom is 0.269 e. The lowest BCUT2D eigenvalue weighted by Gasteiger charge is -2.08. The van der Waals surface area contributed by atoms with Crippen molar-refractivity contribution >= 4 is 22.6 Å². The van der Waals surface area contributed by atoms with Crippen LogP contribution in [0.1, 0.15) is 11.7 Å². The van der Waals surface area contributed by atoms with Gasteiger partial charge in [0.15, 0.2) is 5.82 Å². The van der Waals surface area contributed by atoms with Crippen molar-refractivity contribution in [2.75, 3.05) is 12.4 Å². The van der Waals surface area contributed by atoms with Crippen LogP contribution in [0.3, 0.4) is 0 Å². The Morgan fingerprint density at radius 3 is 2.83 bits per heavy atom. The lowest BCUT2D eigenvalue weighted by molar-refractivity contribution is -0.115. The molecule has 0 spiro atoms. The van der Waals surface area contributed by atoms with E-state index in [1.807, 2.05) is 24.3 Å². The Balaban J connectivity index is 1.49. The number of fused-ring (bicyclic) bond motifs is 1. The monoisotopic (exact) mass is 391 g/mol. The van der Waals surface area contributed by atoms with E-state index in [1.165, 1.54) is 17.9 Å². The summed E-state index contributed by atoms with van der Waals surface area (Å²) in [6.45, 7) is 0.0863. The quantitative estimate of drug-likeness (QED) is 0.535. The van der Waals surface area contributed by atoms with Crippen molar-refractivity contribution in [3.8, 4) is 5.75 Å². The summed E-state index contributed by atoms with van der Waals surface area (Å²) >= 11 is 0. The molecule has 0 saturated carbocycles. The van der Waals surface area contributed by atoms with Crippen molar-refractivity contribution in [1.29, 1.82) is 0 Å². The van der Waals surface area contributed by atoms with E-state index in [-0.39, 0.29) is 36.1 Å². The summed E-state index contributed by atoms with van der Waals surface area (Å²) in [6, 6.07) is 14.4. The second-order valence-electron chi connectivity index (χ2n) is 6.20. The molecule has 2 aromatic carbocycles. The third kappa shape index (κ3) is 3.98. The molecule has 2 heterocycles. The zero-order chi connectivity index (χ0) is 20.2. The minimum atomic E-state index is -0.312. The number of aromatic nitrogens is 4. The second kappa shape index (κ2) is 7.93. The van der Waals surface area contributed by atoms with Gasteiger partial charge in [-0.05, 0) is 24.3 Å². The Labute approximate surface area is 165 Å². The van der Waals surface area contributed by atoms with Crippen LogP contribution >= 0.6 is 0 Å². The minimum absolute atomic E-state index is 0.0759. The molecule has 0 radical (unpaired) electrons. The van der Waals surface area contributed by atoms with E-state index >= 15 is 0 Å². The molecule has 1 N–H and O–H groups in total. The zero-order valence-electron chi connectivity index (χ0n) is 15.5. The van der Waals surface area contributed by atoms with Crippen LogP contribution in [-0.4, -0.2) is 32.7 Å². The highest BCUT2D eigenvalue weighted by atomic mass is 16.5. The summed E-state index contributed by atoms with van der Waals surface area (Å²) in [5.74, 6) is 0.689. The third-order valence-corrected chi connectivity index (χ3v) is 4.26. The number of benzene rings is 2. The number of anilines is 1. The van der Waals surface area contributed by atoms with Crippen LogP contribution in [-0.2, 0) is 17.8 Å². The number of hydrogen-bond acceptors (Lipinski definition) is 7. The number of para-hydroxylation sites is 4. The van der Waals surface area contributed by atoms with Crippen LogP contribution in [0.15, 0.2) is 64.0 Å². The third-order valence-electron chi connectivity index (χ3n) is 4.26. The standard InChI is InChI=1S/C20H17N5O4/c1-28-16-9-5-3-7-14(16)22-18(26)10-17-23-19(29-24-17)12-25-15-8-4-2-6-13(15)21-11-20(25)27/h2-9,11H,10,12H2,1H3,(H,22,26). The van der Waals surface area contributed by atoms with Gasteiger partial charge in [-0.1, -0.05) is 29.4 Å². The predicted octanol–water partition coefficient (Wildman–Crippen LogP) is 2.02. The number of carbonyl (C=O) groups is 1. The van der Waals surface area contributed by atoms with Gasteiger partial charge in [0.25, 0.3) is 5.56 Å². The van der Waals surface area contributed by atoms with Gasteiger partial charge in [0, 0.05) is 0 Å². The number of rotatable bonds is 6. The van der Waals surface area contributed by atoms with Gasteiger partial charge in [0.2, 0.25) is 11.8 Å². The van der Waals surface area contributed by atoms with Gasteiger partial charge in [-0.2, -0.15) is 4.98 Å². The van der Waals surface area contributed by atoms with Crippen molar-refractivity contribution in [2.45, 2.75) is 13.0 Å². The van der Waals surface area contributed by atoms with Gasteiger partial charge in [-0.15, -0.1) is 0 Å². The fraction of sp³-hybridized carbons (Fsp3) is 0.150. The van der Waals surface area contributed by atoms with Crippen LogP contribution in [0.4, 0.5) is 5.69 Å². The fourth-order valence-electron chi connectivity index (χ4n) is 2.93. The SMILES string of the molecule is COc1ccccc1NC(=O)Cc1noc(Cn2c(=O)cnc3ccccc32)n1. The first kappa shape index (κ1) is 18.4. The van der Waals surface area contributed by atoms with E-state index in [0.29, 0.717) is 22.5 Å². The molecule has 0 aliphatic carbocycles. The Morgan fingerprint density at radius 1 is 1.17 bits per heavy atom. The first-order valence-corrected chi connectivity index (χ1v) is 8.83. The molecule has 0 saturated heterocycles. The van der Waals surface area contributed by atoms with E-state index in [2.05, 4.69) is 20.4 Å². The van der Waals surface area contributed by atoms with Crippen LogP contribution in [0.5, 0.6) is 5.75 Å². The van der Waals surface area contributed by atoms with Crippen LogP contribution in [0.25, 0.3) is 11.0 Å². The molecule has 1 amide bonds. The maximum absolute atomic E-state index is 12.3. The molecular weight excluding hydrogens is 374 g/mol. The number of ether oxygens (including phenoxy) is 1. The predicted molar refractivity (Wildman–Crippen MR) is 105 cm³/mol. The lowest BCUT2D eigenvalue weighted by atomic mass is 10.2. The van der Waals surface area contributed by atoms with Crippen LogP contribution in [0, 0.1) is 0 Å². The summed E-state index contributed by atoms with van der Waals surface area (Å²) in [5, 5.41) is 6.59. The first-order chi connectivity index (χ1) is 14.1. The van der Waals surface area contributed by atoms with Crippen molar-refractivity contribution < 1.29 is 14.1 Å². The Kier molecular flexibility index (Phi) is 5.02. The number of carbonyl (C=O) groups excluding carboxylic acids is 1. The molecule has 0 unspecified atom stereocenters. The van der Waals surface area contributed by atoms with Crippen molar-refractivity contribution in [3.05, 3.63) is 76.8 Å². The molecule has 9 nitrogen and oxygen atoms in total. The number of nitrogens with one attached hydrogen (secondary N) is 1. The molecule has 0 bridgehead atoms. The number of hydrogen-bond donors (Lipinski definition) is 1. The number of nitrogens with zero attached hydrogens (tertiary/aromatic N) is 4. The van der Waals surface area contributed by atoms with Crippen LogP contribution in [0.2, 0.25) is 0 Å². The summed E-state index contributed by atoms with van der Waals surface area (Å²) in [5.41, 5.74) is 1.62. The molecule has 4 aromatic rings. The molecule has 146 valence electrons. The zero-order valence-corrected chi connectivity index (χ0v) is 15.5. The fourth-order valence-corrected chi connectivity index (χ4v) is 2.93. The van der Waals surface area contributed by atoms with E-state index in [4.69, 9.17) is 9.26 Å². The highest BCUT2D eigenvalue weighted by molar-refractivity contribution is 5.93. The molecule has 0 aliphatic rings. The van der Waals surface area contributed by atoms with Gasteiger partial charge < -0.3 is 14.6 Å². The molecule has 29 heavy (non-hydrogen) atoms. The normalized spacial score (nSPS) is 10.8. The van der Waals surface area contributed by atoms with Gasteiger partial charge in [0.05, 0.1) is 36.4 Å². The summed E-state index contributed by atoms with van der Waals surface area (Å²) in [4.78, 5) is 32.9. The van der Waals surface area contributed by atoms with Crippen molar-refractivity contribution in [1.82, 2.24) is 19.7 Å². The lowest BCUT2D eigenvalue weighted by Crippen LogP contribution is -2.21. The Bertz CT molecular complexity index is 1230. The number of amides is 1. The topological polar surface area (TPSA) is 112 Å². The first-order valence-electron chi connectivity index (χ1n) is 8.83. The van der Waals surface area contributed by atoms with Crippen LogP contribution < -0.4 is 15.6 Å². The summed E-state index contributed by atoms with van der Waals surface area (Å²) in [7, 11) is 1.53. The number of methoxy groups -OCH3 is 1. The van der Waals surface area contributed by atoms with E-state index in [1.54, 1.807) is 24.3 Å². The maximum atomic E-state index is 12.3. The van der Waals surface area contributed by atoms with E-state index < -0.39 is 0 Å². The van der Waals surface area contributed by atoms with Gasteiger partial charge in [0.1, 0.15) is 12.3 Å². The molecule has 4 rings (SSSR count). The average molecular weight is 391 g/mol.